The van der Waals surface area contributed by atoms with Gasteiger partial charge in [-0.25, -0.2) is 8.78 Å². The van der Waals surface area contributed by atoms with Crippen molar-refractivity contribution < 1.29 is 23.6 Å². The van der Waals surface area contributed by atoms with Gasteiger partial charge in [-0.15, -0.1) is 0 Å². The average Bonchev–Trinajstić information content (AvgIpc) is 2.35. The molecule has 1 rings (SSSR count). The third-order valence-electron chi connectivity index (χ3n) is 2.87. The molecule has 0 aliphatic rings. The molecule has 2 N–H and O–H groups in total. The van der Waals surface area contributed by atoms with Crippen LogP contribution >= 0.6 is 0 Å². The van der Waals surface area contributed by atoms with Crippen molar-refractivity contribution in [2.45, 2.75) is 20.3 Å². The number of anilines is 1. The molecule has 1 aromatic rings. The Morgan fingerprint density at radius 1 is 1.38 bits per heavy atom. The fraction of sp³-hybridized carbons (Fsp3) is 0.462. The third-order valence-corrected chi connectivity index (χ3v) is 2.87. The Morgan fingerprint density at radius 3 is 2.29 bits per heavy atom. The van der Waals surface area contributed by atoms with Crippen molar-refractivity contribution in [2.24, 2.45) is 11.8 Å². The number of carbonyl (C=O) groups is 1. The van der Waals surface area contributed by atoms with Gasteiger partial charge in [-0.3, -0.25) is 14.9 Å². The number of halogens is 2. The highest BCUT2D eigenvalue weighted by molar-refractivity contribution is 5.71. The number of carboxylic acid groups (broad SMARTS) is 1. The molecule has 21 heavy (non-hydrogen) atoms. The van der Waals surface area contributed by atoms with Crippen molar-refractivity contribution in [3.05, 3.63) is 33.9 Å². The molecule has 1 aromatic carbocycles. The number of hydrogen-bond acceptors (Lipinski definition) is 4. The van der Waals surface area contributed by atoms with E-state index in [0.717, 1.165) is 0 Å². The second-order valence-corrected chi connectivity index (χ2v) is 5.09. The molecule has 1 unspecified atom stereocenters. The Bertz CT molecular complexity index is 526. The molecule has 116 valence electrons. The number of hydrogen-bond donors (Lipinski definition) is 2. The van der Waals surface area contributed by atoms with Crippen molar-refractivity contribution in [2.75, 3.05) is 11.9 Å². The average molecular weight is 302 g/mol. The van der Waals surface area contributed by atoms with Crippen molar-refractivity contribution in [1.82, 2.24) is 0 Å². The molecule has 0 saturated heterocycles. The number of non-ortho nitro benzene ring substituents is 1. The van der Waals surface area contributed by atoms with Crippen LogP contribution in [0.4, 0.5) is 20.2 Å². The van der Waals surface area contributed by atoms with Gasteiger partial charge in [-0.1, -0.05) is 13.8 Å². The van der Waals surface area contributed by atoms with Gasteiger partial charge in [0.1, 0.15) is 5.69 Å². The van der Waals surface area contributed by atoms with E-state index in [4.69, 9.17) is 5.11 Å². The summed E-state index contributed by atoms with van der Waals surface area (Å²) >= 11 is 0. The Balaban J connectivity index is 2.88. The third kappa shape index (κ3) is 4.66. The lowest BCUT2D eigenvalue weighted by atomic mass is 9.97. The summed E-state index contributed by atoms with van der Waals surface area (Å²) in [5.41, 5.74) is -1.26. The zero-order valence-electron chi connectivity index (χ0n) is 11.6. The van der Waals surface area contributed by atoms with Crippen LogP contribution in [0.2, 0.25) is 0 Å². The maximum atomic E-state index is 13.6. The first kappa shape index (κ1) is 16.8. The lowest BCUT2D eigenvalue weighted by Crippen LogP contribution is -2.25. The van der Waals surface area contributed by atoms with Crippen LogP contribution in [0.15, 0.2) is 12.1 Å². The molecule has 0 aliphatic carbocycles. The molecule has 0 aromatic heterocycles. The Hall–Kier alpha value is -2.25. The van der Waals surface area contributed by atoms with Crippen LogP contribution in [0, 0.1) is 33.6 Å². The van der Waals surface area contributed by atoms with Gasteiger partial charge in [0.05, 0.1) is 23.0 Å². The molecule has 0 aliphatic heterocycles. The fourth-order valence-electron chi connectivity index (χ4n) is 1.90. The van der Waals surface area contributed by atoms with E-state index in [-0.39, 0.29) is 12.5 Å². The summed E-state index contributed by atoms with van der Waals surface area (Å²) in [4.78, 5) is 20.6. The molecule has 6 nitrogen and oxygen atoms in total. The van der Waals surface area contributed by atoms with Crippen LogP contribution in [0.5, 0.6) is 0 Å². The lowest BCUT2D eigenvalue weighted by Gasteiger charge is -2.16. The number of nitro groups is 1. The molecule has 0 saturated carbocycles. The van der Waals surface area contributed by atoms with E-state index in [1.54, 1.807) is 0 Å². The fourth-order valence-corrected chi connectivity index (χ4v) is 1.90. The maximum absolute atomic E-state index is 13.6. The van der Waals surface area contributed by atoms with Crippen LogP contribution in [-0.2, 0) is 4.79 Å². The largest absolute Gasteiger partial charge is 0.481 e. The van der Waals surface area contributed by atoms with Crippen molar-refractivity contribution >= 4 is 17.3 Å². The molecule has 0 amide bonds. The zero-order chi connectivity index (χ0) is 16.2. The maximum Gasteiger partial charge on any atom is 0.308 e. The molecular formula is C13H16F2N2O4. The van der Waals surface area contributed by atoms with E-state index in [0.29, 0.717) is 18.6 Å². The first-order chi connectivity index (χ1) is 9.72. The number of nitrogens with zero attached hydrogens (tertiary/aromatic N) is 1. The summed E-state index contributed by atoms with van der Waals surface area (Å²) in [6, 6.07) is 1.17. The molecule has 0 bridgehead atoms. The Morgan fingerprint density at radius 2 is 1.90 bits per heavy atom. The molecular weight excluding hydrogens is 286 g/mol. The molecule has 0 radical (unpaired) electrons. The highest BCUT2D eigenvalue weighted by Crippen LogP contribution is 2.25. The van der Waals surface area contributed by atoms with Gasteiger partial charge in [0, 0.05) is 6.54 Å². The molecule has 0 fully saturated rings. The predicted octanol–water partition coefficient (Wildman–Crippen LogP) is 3.03. The van der Waals surface area contributed by atoms with E-state index < -0.39 is 39.8 Å². The van der Waals surface area contributed by atoms with E-state index in [9.17, 15) is 23.7 Å². The number of rotatable bonds is 7. The summed E-state index contributed by atoms with van der Waals surface area (Å²) in [5, 5.41) is 21.9. The van der Waals surface area contributed by atoms with E-state index in [1.807, 2.05) is 13.8 Å². The van der Waals surface area contributed by atoms with Gasteiger partial charge in [-0.05, 0) is 12.3 Å². The summed E-state index contributed by atoms with van der Waals surface area (Å²) < 4.78 is 27.3. The second-order valence-electron chi connectivity index (χ2n) is 5.09. The van der Waals surface area contributed by atoms with Crippen LogP contribution < -0.4 is 5.32 Å². The van der Waals surface area contributed by atoms with Crippen LogP contribution in [0.1, 0.15) is 20.3 Å². The standard InChI is InChI=1S/C13H16F2N2O4/c1-7(2)3-8(13(18)19)6-16-12-10(14)4-9(17(20)21)5-11(12)15/h4-5,7-8,16H,3,6H2,1-2H3,(H,18,19). The minimum Gasteiger partial charge on any atom is -0.481 e. The Labute approximate surface area is 119 Å². The summed E-state index contributed by atoms with van der Waals surface area (Å²) in [6.45, 7) is 3.51. The van der Waals surface area contributed by atoms with E-state index in [1.165, 1.54) is 0 Å². The number of nitrogens with one attached hydrogen (secondary N) is 1. The highest BCUT2D eigenvalue weighted by Gasteiger charge is 2.22. The second kappa shape index (κ2) is 6.96. The van der Waals surface area contributed by atoms with Gasteiger partial charge in [-0.2, -0.15) is 0 Å². The number of aliphatic carboxylic acids is 1. The van der Waals surface area contributed by atoms with Gasteiger partial charge >= 0.3 is 5.97 Å². The minimum absolute atomic E-state index is 0.111. The Kier molecular flexibility index (Phi) is 5.57. The number of benzene rings is 1. The predicted molar refractivity (Wildman–Crippen MR) is 72.1 cm³/mol. The normalized spacial score (nSPS) is 12.2. The molecule has 1 atom stereocenters. The molecule has 8 heteroatoms. The highest BCUT2D eigenvalue weighted by atomic mass is 19.1. The van der Waals surface area contributed by atoms with Crippen molar-refractivity contribution in [3.63, 3.8) is 0 Å². The SMILES string of the molecule is CC(C)CC(CNc1c(F)cc([N+](=O)[O-])cc1F)C(=O)O. The van der Waals surface area contributed by atoms with Gasteiger partial charge in [0.15, 0.2) is 11.6 Å². The summed E-state index contributed by atoms with van der Waals surface area (Å²) in [6.07, 6.45) is 0.346. The topological polar surface area (TPSA) is 92.5 Å². The summed E-state index contributed by atoms with van der Waals surface area (Å²) in [7, 11) is 0. The number of nitro benzene ring substituents is 1. The van der Waals surface area contributed by atoms with Crippen LogP contribution in [-0.4, -0.2) is 22.5 Å². The monoisotopic (exact) mass is 302 g/mol. The van der Waals surface area contributed by atoms with Crippen molar-refractivity contribution in [1.29, 1.82) is 0 Å². The van der Waals surface area contributed by atoms with E-state index in [2.05, 4.69) is 5.32 Å². The molecule has 0 spiro atoms. The summed E-state index contributed by atoms with van der Waals surface area (Å²) in [5.74, 6) is -4.02. The first-order valence-electron chi connectivity index (χ1n) is 6.32. The van der Waals surface area contributed by atoms with E-state index >= 15 is 0 Å². The van der Waals surface area contributed by atoms with Gasteiger partial charge in [0.2, 0.25) is 0 Å². The van der Waals surface area contributed by atoms with Gasteiger partial charge < -0.3 is 10.4 Å². The minimum atomic E-state index is -1.13. The zero-order valence-corrected chi connectivity index (χ0v) is 11.6. The molecule has 0 heterocycles. The lowest BCUT2D eigenvalue weighted by molar-refractivity contribution is -0.385. The smallest absolute Gasteiger partial charge is 0.308 e. The quantitative estimate of drug-likeness (QED) is 0.596. The van der Waals surface area contributed by atoms with Crippen LogP contribution in [0.25, 0.3) is 0 Å². The van der Waals surface area contributed by atoms with Crippen molar-refractivity contribution in [3.8, 4) is 0 Å². The number of carboxylic acids is 1. The van der Waals surface area contributed by atoms with Crippen LogP contribution in [0.3, 0.4) is 0 Å². The first-order valence-corrected chi connectivity index (χ1v) is 6.32. The van der Waals surface area contributed by atoms with Gasteiger partial charge in [0.25, 0.3) is 5.69 Å².